The predicted octanol–water partition coefficient (Wildman–Crippen LogP) is -0.422. The SMILES string of the molecule is NS(=O)(=O)C1CCC(O)CC1. The van der Waals surface area contributed by atoms with Crippen molar-refractivity contribution >= 4 is 10.0 Å². The molecule has 0 spiro atoms. The van der Waals surface area contributed by atoms with E-state index in [1.54, 1.807) is 0 Å². The lowest BCUT2D eigenvalue weighted by molar-refractivity contribution is 0.131. The van der Waals surface area contributed by atoms with Crippen molar-refractivity contribution in [3.05, 3.63) is 0 Å². The van der Waals surface area contributed by atoms with Crippen molar-refractivity contribution in [2.45, 2.75) is 37.0 Å². The quantitative estimate of drug-likeness (QED) is 0.573. The molecule has 0 aromatic heterocycles. The van der Waals surface area contributed by atoms with E-state index in [0.29, 0.717) is 25.7 Å². The molecule has 0 amide bonds. The van der Waals surface area contributed by atoms with Crippen LogP contribution in [0.2, 0.25) is 0 Å². The summed E-state index contributed by atoms with van der Waals surface area (Å²) >= 11 is 0. The van der Waals surface area contributed by atoms with Gasteiger partial charge in [0.2, 0.25) is 10.0 Å². The number of primary sulfonamides is 1. The van der Waals surface area contributed by atoms with Gasteiger partial charge in [-0.1, -0.05) is 0 Å². The van der Waals surface area contributed by atoms with Crippen molar-refractivity contribution in [1.29, 1.82) is 0 Å². The number of aliphatic hydroxyl groups is 1. The number of sulfonamides is 1. The molecule has 1 saturated carbocycles. The molecule has 0 bridgehead atoms. The fourth-order valence-electron chi connectivity index (χ4n) is 1.37. The molecule has 0 unspecified atom stereocenters. The van der Waals surface area contributed by atoms with Crippen LogP contribution in [0.3, 0.4) is 0 Å². The van der Waals surface area contributed by atoms with Crippen LogP contribution in [0.4, 0.5) is 0 Å². The van der Waals surface area contributed by atoms with E-state index in [-0.39, 0.29) is 6.10 Å². The summed E-state index contributed by atoms with van der Waals surface area (Å²) in [5, 5.41) is 13.6. The van der Waals surface area contributed by atoms with E-state index in [1.807, 2.05) is 0 Å². The van der Waals surface area contributed by atoms with E-state index >= 15 is 0 Å². The van der Waals surface area contributed by atoms with Crippen molar-refractivity contribution in [1.82, 2.24) is 0 Å². The first-order valence-corrected chi connectivity index (χ1v) is 5.31. The van der Waals surface area contributed by atoms with Crippen LogP contribution in [0, 0.1) is 0 Å². The average Bonchev–Trinajstić information content (AvgIpc) is 1.86. The first-order valence-electron chi connectivity index (χ1n) is 3.70. The summed E-state index contributed by atoms with van der Waals surface area (Å²) in [7, 11) is -3.36. The molecule has 1 aliphatic rings. The topological polar surface area (TPSA) is 80.4 Å². The molecule has 11 heavy (non-hydrogen) atoms. The standard InChI is InChI=1S/C6H13NO3S/c7-11(9,10)6-3-1-5(8)2-4-6/h5-6,8H,1-4H2,(H2,7,9,10). The third-order valence-electron chi connectivity index (χ3n) is 2.11. The van der Waals surface area contributed by atoms with Crippen molar-refractivity contribution in [2.24, 2.45) is 5.14 Å². The third-order valence-corrected chi connectivity index (χ3v) is 3.51. The van der Waals surface area contributed by atoms with Crippen LogP contribution >= 0.6 is 0 Å². The number of nitrogens with two attached hydrogens (primary N) is 1. The van der Waals surface area contributed by atoms with Crippen LogP contribution < -0.4 is 5.14 Å². The number of hydrogen-bond acceptors (Lipinski definition) is 3. The van der Waals surface area contributed by atoms with E-state index in [9.17, 15) is 8.42 Å². The molecule has 3 N–H and O–H groups in total. The summed E-state index contributed by atoms with van der Waals surface area (Å²) in [6.07, 6.45) is 1.79. The van der Waals surface area contributed by atoms with Gasteiger partial charge in [-0.2, -0.15) is 0 Å². The molecule has 0 aromatic carbocycles. The third kappa shape index (κ3) is 2.43. The summed E-state index contributed by atoms with van der Waals surface area (Å²) in [5.74, 6) is 0. The van der Waals surface area contributed by atoms with E-state index < -0.39 is 15.3 Å². The van der Waals surface area contributed by atoms with Gasteiger partial charge in [-0.25, -0.2) is 13.6 Å². The molecule has 4 nitrogen and oxygen atoms in total. The van der Waals surface area contributed by atoms with Gasteiger partial charge in [-0.05, 0) is 25.7 Å². The highest BCUT2D eigenvalue weighted by Gasteiger charge is 2.26. The lowest BCUT2D eigenvalue weighted by atomic mass is 9.97. The summed E-state index contributed by atoms with van der Waals surface area (Å²) in [4.78, 5) is 0. The Morgan fingerprint density at radius 2 is 1.64 bits per heavy atom. The number of rotatable bonds is 1. The number of aliphatic hydroxyl groups excluding tert-OH is 1. The van der Waals surface area contributed by atoms with Crippen LogP contribution in [0.1, 0.15) is 25.7 Å². The molecular formula is C6H13NO3S. The molecule has 0 radical (unpaired) electrons. The fourth-order valence-corrected chi connectivity index (χ4v) is 2.30. The molecule has 1 aliphatic carbocycles. The highest BCUT2D eigenvalue weighted by atomic mass is 32.2. The zero-order chi connectivity index (χ0) is 8.48. The zero-order valence-corrected chi connectivity index (χ0v) is 7.05. The Bertz CT molecular complexity index is 216. The molecule has 66 valence electrons. The van der Waals surface area contributed by atoms with Gasteiger partial charge in [0.05, 0.1) is 11.4 Å². The molecule has 5 heteroatoms. The average molecular weight is 179 g/mol. The van der Waals surface area contributed by atoms with Crippen LogP contribution in [-0.4, -0.2) is 24.9 Å². The van der Waals surface area contributed by atoms with Gasteiger partial charge in [0.15, 0.2) is 0 Å². The molecule has 0 aromatic rings. The number of hydrogen-bond donors (Lipinski definition) is 2. The Balaban J connectivity index is 2.53. The van der Waals surface area contributed by atoms with Crippen LogP contribution in [0.15, 0.2) is 0 Å². The summed E-state index contributed by atoms with van der Waals surface area (Å²) < 4.78 is 21.6. The predicted molar refractivity (Wildman–Crippen MR) is 41.4 cm³/mol. The second-order valence-corrected chi connectivity index (χ2v) is 4.86. The van der Waals surface area contributed by atoms with Crippen LogP contribution in [0.5, 0.6) is 0 Å². The maximum atomic E-state index is 10.8. The second kappa shape index (κ2) is 3.08. The highest BCUT2D eigenvalue weighted by molar-refractivity contribution is 7.89. The smallest absolute Gasteiger partial charge is 0.211 e. The van der Waals surface area contributed by atoms with Crippen molar-refractivity contribution in [3.8, 4) is 0 Å². The van der Waals surface area contributed by atoms with Gasteiger partial charge in [-0.3, -0.25) is 0 Å². The highest BCUT2D eigenvalue weighted by Crippen LogP contribution is 2.22. The maximum absolute atomic E-state index is 10.8. The lowest BCUT2D eigenvalue weighted by Crippen LogP contribution is -2.33. The van der Waals surface area contributed by atoms with E-state index in [4.69, 9.17) is 10.2 Å². The molecule has 1 rings (SSSR count). The summed E-state index contributed by atoms with van der Waals surface area (Å²) in [5.41, 5.74) is 0. The molecule has 0 heterocycles. The minimum Gasteiger partial charge on any atom is -0.393 e. The van der Waals surface area contributed by atoms with Gasteiger partial charge in [0, 0.05) is 0 Å². The van der Waals surface area contributed by atoms with Gasteiger partial charge < -0.3 is 5.11 Å². The van der Waals surface area contributed by atoms with Crippen molar-refractivity contribution in [2.75, 3.05) is 0 Å². The molecule has 0 saturated heterocycles. The van der Waals surface area contributed by atoms with E-state index in [2.05, 4.69) is 0 Å². The normalized spacial score (nSPS) is 33.6. The van der Waals surface area contributed by atoms with Gasteiger partial charge in [0.1, 0.15) is 0 Å². The molecule has 0 aliphatic heterocycles. The maximum Gasteiger partial charge on any atom is 0.211 e. The van der Waals surface area contributed by atoms with Crippen LogP contribution in [0.25, 0.3) is 0 Å². The van der Waals surface area contributed by atoms with Gasteiger partial charge in [0.25, 0.3) is 0 Å². The Morgan fingerprint density at radius 1 is 1.18 bits per heavy atom. The second-order valence-electron chi connectivity index (χ2n) is 3.02. The summed E-state index contributed by atoms with van der Waals surface area (Å²) in [6, 6.07) is 0. The fraction of sp³-hybridized carbons (Fsp3) is 1.00. The van der Waals surface area contributed by atoms with Gasteiger partial charge >= 0.3 is 0 Å². The first-order chi connectivity index (χ1) is 5.00. The minimum atomic E-state index is -3.36. The van der Waals surface area contributed by atoms with Crippen molar-refractivity contribution < 1.29 is 13.5 Å². The molecular weight excluding hydrogens is 166 g/mol. The molecule has 0 atom stereocenters. The van der Waals surface area contributed by atoms with E-state index in [1.165, 1.54) is 0 Å². The minimum absolute atomic E-state index is 0.326. The first kappa shape index (κ1) is 8.96. The van der Waals surface area contributed by atoms with Crippen LogP contribution in [-0.2, 0) is 10.0 Å². The Labute approximate surface area is 66.5 Å². The van der Waals surface area contributed by atoms with E-state index in [0.717, 1.165) is 0 Å². The largest absolute Gasteiger partial charge is 0.393 e. The Morgan fingerprint density at radius 3 is 2.00 bits per heavy atom. The molecule has 1 fully saturated rings. The van der Waals surface area contributed by atoms with Crippen molar-refractivity contribution in [3.63, 3.8) is 0 Å². The summed E-state index contributed by atoms with van der Waals surface area (Å²) in [6.45, 7) is 0. The van der Waals surface area contributed by atoms with Gasteiger partial charge in [-0.15, -0.1) is 0 Å². The lowest BCUT2D eigenvalue weighted by Gasteiger charge is -2.23. The zero-order valence-electron chi connectivity index (χ0n) is 6.23. The Hall–Kier alpha value is -0.130. The Kier molecular flexibility index (Phi) is 2.51. The monoisotopic (exact) mass is 179 g/mol.